The summed E-state index contributed by atoms with van der Waals surface area (Å²) in [7, 11) is -3.61. The Hall–Kier alpha value is 0.270. The maximum atomic E-state index is 12.3. The van der Waals surface area contributed by atoms with Crippen LogP contribution in [-0.2, 0) is 18.1 Å². The summed E-state index contributed by atoms with van der Waals surface area (Å²) in [5.74, 6) is 0.191. The molecule has 0 aromatic heterocycles. The molecular weight excluding hydrogens is 298 g/mol. The average molecular weight is 319 g/mol. The fourth-order valence-corrected chi connectivity index (χ4v) is 2.71. The van der Waals surface area contributed by atoms with Crippen molar-refractivity contribution in [2.45, 2.75) is 39.5 Å². The van der Waals surface area contributed by atoms with E-state index in [1.54, 1.807) is 0 Å². The number of unbranched alkanes of at least 4 members (excludes halogenated alkanes) is 2. The van der Waals surface area contributed by atoms with Crippen molar-refractivity contribution in [1.82, 2.24) is 0 Å². The Morgan fingerprint density at radius 3 is 2.00 bits per heavy atom. The molecule has 7 heteroatoms. The van der Waals surface area contributed by atoms with Crippen molar-refractivity contribution < 1.29 is 18.1 Å². The van der Waals surface area contributed by atoms with Gasteiger partial charge in [-0.2, -0.15) is 0 Å². The standard InChI is InChI=1S/C11H21Cl2O4P/c1-3-5-7-15-18(14,16-8-6-4-2)17-11(9-12)10-13/h9H,3-8,10H2,1-2H3/b11-9-. The van der Waals surface area contributed by atoms with Crippen LogP contribution in [0.3, 0.4) is 0 Å². The number of phosphoric acid groups is 1. The predicted molar refractivity (Wildman–Crippen MR) is 75.1 cm³/mol. The highest BCUT2D eigenvalue weighted by Crippen LogP contribution is 2.51. The molecule has 0 radical (unpaired) electrons. The van der Waals surface area contributed by atoms with Gasteiger partial charge in [0.1, 0.15) is 5.76 Å². The van der Waals surface area contributed by atoms with Crippen molar-refractivity contribution in [3.05, 3.63) is 11.3 Å². The summed E-state index contributed by atoms with van der Waals surface area (Å²) in [6.45, 7) is 4.65. The van der Waals surface area contributed by atoms with Crippen LogP contribution in [-0.4, -0.2) is 19.1 Å². The number of phosphoric ester groups is 1. The lowest BCUT2D eigenvalue weighted by Gasteiger charge is -2.19. The van der Waals surface area contributed by atoms with Gasteiger partial charge in [0.05, 0.1) is 19.1 Å². The average Bonchev–Trinajstić information content (AvgIpc) is 2.37. The van der Waals surface area contributed by atoms with E-state index in [9.17, 15) is 4.57 Å². The second kappa shape index (κ2) is 11.1. The smallest absolute Gasteiger partial charge is 0.406 e. The van der Waals surface area contributed by atoms with E-state index in [1.165, 1.54) is 0 Å². The second-order valence-electron chi connectivity index (χ2n) is 3.62. The molecule has 0 aliphatic rings. The molecule has 0 N–H and O–H groups in total. The van der Waals surface area contributed by atoms with Gasteiger partial charge in [0.25, 0.3) is 0 Å². The summed E-state index contributed by atoms with van der Waals surface area (Å²) in [6, 6.07) is 0. The fraction of sp³-hybridized carbons (Fsp3) is 0.818. The van der Waals surface area contributed by atoms with E-state index in [1.807, 2.05) is 13.8 Å². The van der Waals surface area contributed by atoms with Crippen molar-refractivity contribution in [1.29, 1.82) is 0 Å². The van der Waals surface area contributed by atoms with E-state index in [-0.39, 0.29) is 11.6 Å². The second-order valence-corrected chi connectivity index (χ2v) is 5.70. The summed E-state index contributed by atoms with van der Waals surface area (Å²) in [5, 5.41) is 0. The third-order valence-electron chi connectivity index (χ3n) is 1.98. The van der Waals surface area contributed by atoms with E-state index in [4.69, 9.17) is 36.8 Å². The summed E-state index contributed by atoms with van der Waals surface area (Å²) in [5.41, 5.74) is 1.13. The molecule has 0 aromatic carbocycles. The minimum Gasteiger partial charge on any atom is -0.406 e. The van der Waals surface area contributed by atoms with E-state index >= 15 is 0 Å². The van der Waals surface area contributed by atoms with Crippen LogP contribution in [0, 0.1) is 0 Å². The Kier molecular flexibility index (Phi) is 11.3. The normalized spacial score (nSPS) is 12.8. The highest BCUT2D eigenvalue weighted by atomic mass is 35.5. The van der Waals surface area contributed by atoms with Crippen molar-refractivity contribution in [2.75, 3.05) is 19.1 Å². The Labute approximate surface area is 119 Å². The monoisotopic (exact) mass is 318 g/mol. The lowest BCUT2D eigenvalue weighted by Crippen LogP contribution is -2.03. The quantitative estimate of drug-likeness (QED) is 0.231. The first-order valence-electron chi connectivity index (χ1n) is 6.05. The maximum Gasteiger partial charge on any atom is 0.529 e. The molecule has 0 rings (SSSR count). The SMILES string of the molecule is CCCCOP(=O)(OCCCC)O/C(=C\Cl)CCl. The van der Waals surface area contributed by atoms with Crippen LogP contribution < -0.4 is 0 Å². The van der Waals surface area contributed by atoms with Gasteiger partial charge in [-0.05, 0) is 12.8 Å². The summed E-state index contributed by atoms with van der Waals surface area (Å²) in [4.78, 5) is 0. The topological polar surface area (TPSA) is 44.8 Å². The maximum absolute atomic E-state index is 12.3. The van der Waals surface area contributed by atoms with Gasteiger partial charge in [-0.15, -0.1) is 11.6 Å². The molecule has 0 fully saturated rings. The Bertz CT molecular complexity index is 270. The molecule has 0 bridgehead atoms. The number of hydrogen-bond acceptors (Lipinski definition) is 4. The highest BCUT2D eigenvalue weighted by Gasteiger charge is 2.28. The van der Waals surface area contributed by atoms with Crippen molar-refractivity contribution in [3.63, 3.8) is 0 Å². The van der Waals surface area contributed by atoms with Crippen LogP contribution in [0.4, 0.5) is 0 Å². The largest absolute Gasteiger partial charge is 0.529 e. The molecule has 4 nitrogen and oxygen atoms in total. The molecule has 0 spiro atoms. The zero-order valence-corrected chi connectivity index (χ0v) is 13.3. The van der Waals surface area contributed by atoms with E-state index < -0.39 is 7.82 Å². The molecule has 18 heavy (non-hydrogen) atoms. The minimum absolute atomic E-state index is 0.0156. The number of hydrogen-bond donors (Lipinski definition) is 0. The summed E-state index contributed by atoms with van der Waals surface area (Å²) < 4.78 is 27.8. The van der Waals surface area contributed by atoms with Crippen LogP contribution in [0.15, 0.2) is 11.3 Å². The van der Waals surface area contributed by atoms with Crippen LogP contribution in [0.25, 0.3) is 0 Å². The van der Waals surface area contributed by atoms with Crippen LogP contribution in [0.2, 0.25) is 0 Å². The summed E-state index contributed by atoms with van der Waals surface area (Å²) in [6.07, 6.45) is 3.43. The minimum atomic E-state index is -3.61. The number of alkyl halides is 1. The zero-order chi connectivity index (χ0) is 13.9. The van der Waals surface area contributed by atoms with Crippen molar-refractivity contribution in [2.24, 2.45) is 0 Å². The predicted octanol–water partition coefficient (Wildman–Crippen LogP) is 5.06. The van der Waals surface area contributed by atoms with Crippen LogP contribution in [0.5, 0.6) is 0 Å². The lowest BCUT2D eigenvalue weighted by atomic mass is 10.4. The van der Waals surface area contributed by atoms with Gasteiger partial charge in [-0.1, -0.05) is 38.3 Å². The molecule has 0 amide bonds. The first kappa shape index (κ1) is 18.3. The first-order valence-corrected chi connectivity index (χ1v) is 8.49. The van der Waals surface area contributed by atoms with Crippen LogP contribution >= 0.6 is 31.0 Å². The summed E-state index contributed by atoms with van der Waals surface area (Å²) >= 11 is 11.1. The Morgan fingerprint density at radius 2 is 1.67 bits per heavy atom. The molecule has 108 valence electrons. The van der Waals surface area contributed by atoms with Gasteiger partial charge in [0, 0.05) is 5.54 Å². The van der Waals surface area contributed by atoms with E-state index in [0.717, 1.165) is 31.2 Å². The molecule has 0 saturated heterocycles. The van der Waals surface area contributed by atoms with Crippen molar-refractivity contribution in [3.8, 4) is 0 Å². The number of allylic oxidation sites excluding steroid dienone is 1. The third-order valence-corrected chi connectivity index (χ3v) is 3.94. The molecular formula is C11H21Cl2O4P. The molecule has 0 aliphatic carbocycles. The van der Waals surface area contributed by atoms with E-state index in [2.05, 4.69) is 0 Å². The third kappa shape index (κ3) is 8.39. The van der Waals surface area contributed by atoms with Crippen LogP contribution in [0.1, 0.15) is 39.5 Å². The zero-order valence-electron chi connectivity index (χ0n) is 10.9. The van der Waals surface area contributed by atoms with Gasteiger partial charge in [-0.3, -0.25) is 9.05 Å². The molecule has 0 atom stereocenters. The van der Waals surface area contributed by atoms with Gasteiger partial charge < -0.3 is 4.52 Å². The molecule has 0 unspecified atom stereocenters. The Morgan fingerprint density at radius 1 is 1.17 bits per heavy atom. The van der Waals surface area contributed by atoms with Gasteiger partial charge >= 0.3 is 7.82 Å². The fourth-order valence-electron chi connectivity index (χ4n) is 0.948. The Balaban J connectivity index is 4.42. The van der Waals surface area contributed by atoms with Crippen molar-refractivity contribution >= 4 is 31.0 Å². The number of halogens is 2. The van der Waals surface area contributed by atoms with E-state index in [0.29, 0.717) is 13.2 Å². The molecule has 0 aromatic rings. The van der Waals surface area contributed by atoms with Gasteiger partial charge in [0.15, 0.2) is 0 Å². The molecule has 0 aliphatic heterocycles. The number of rotatable bonds is 11. The highest BCUT2D eigenvalue weighted by molar-refractivity contribution is 7.48. The molecule has 0 saturated carbocycles. The lowest BCUT2D eigenvalue weighted by molar-refractivity contribution is 0.133. The first-order chi connectivity index (χ1) is 8.61. The van der Waals surface area contributed by atoms with Gasteiger partial charge in [-0.25, -0.2) is 4.57 Å². The van der Waals surface area contributed by atoms with Gasteiger partial charge in [0.2, 0.25) is 0 Å². The molecule has 0 heterocycles.